The first kappa shape index (κ1) is 13.3. The van der Waals surface area contributed by atoms with E-state index in [1.165, 1.54) is 18.2 Å². The Morgan fingerprint density at radius 2 is 2.06 bits per heavy atom. The van der Waals surface area contributed by atoms with E-state index in [9.17, 15) is 8.78 Å². The molecule has 1 aromatic carbocycles. The van der Waals surface area contributed by atoms with Gasteiger partial charge in [-0.15, -0.1) is 0 Å². The summed E-state index contributed by atoms with van der Waals surface area (Å²) in [7, 11) is 0. The van der Waals surface area contributed by atoms with Gasteiger partial charge in [0.05, 0.1) is 0 Å². The van der Waals surface area contributed by atoms with Gasteiger partial charge in [0.15, 0.2) is 0 Å². The van der Waals surface area contributed by atoms with Gasteiger partial charge in [-0.1, -0.05) is 19.4 Å². The first-order chi connectivity index (χ1) is 8.72. The van der Waals surface area contributed by atoms with Crippen LogP contribution in [0.5, 0.6) is 0 Å². The smallest absolute Gasteiger partial charge is 0.149 e. The summed E-state index contributed by atoms with van der Waals surface area (Å²) in [4.78, 5) is 1.84. The van der Waals surface area contributed by atoms with Gasteiger partial charge in [-0.2, -0.15) is 0 Å². The molecule has 0 amide bonds. The molecular weight excluding hydrogens is 234 g/mol. The predicted molar refractivity (Wildman–Crippen MR) is 69.9 cm³/mol. The summed E-state index contributed by atoms with van der Waals surface area (Å²) in [6.45, 7) is 4.41. The SMILES string of the molecule is CCCC1CN(c2c(F)cccc2F)CCCN1. The van der Waals surface area contributed by atoms with E-state index in [1.54, 1.807) is 0 Å². The molecule has 1 N–H and O–H groups in total. The Bertz CT molecular complexity index is 375. The van der Waals surface area contributed by atoms with Gasteiger partial charge >= 0.3 is 0 Å². The molecule has 1 aliphatic heterocycles. The van der Waals surface area contributed by atoms with Gasteiger partial charge in [0, 0.05) is 19.1 Å². The maximum atomic E-state index is 13.8. The highest BCUT2D eigenvalue weighted by atomic mass is 19.1. The van der Waals surface area contributed by atoms with Crippen LogP contribution in [-0.4, -0.2) is 25.7 Å². The fourth-order valence-corrected chi connectivity index (χ4v) is 2.53. The summed E-state index contributed by atoms with van der Waals surface area (Å²) in [5.74, 6) is -0.931. The summed E-state index contributed by atoms with van der Waals surface area (Å²) in [6, 6.07) is 4.38. The molecule has 2 rings (SSSR count). The van der Waals surface area contributed by atoms with Crippen LogP contribution in [0.3, 0.4) is 0 Å². The third kappa shape index (κ3) is 2.99. The van der Waals surface area contributed by atoms with Crippen molar-refractivity contribution in [3.8, 4) is 0 Å². The van der Waals surface area contributed by atoms with Gasteiger partial charge in [0.2, 0.25) is 0 Å². The van der Waals surface area contributed by atoms with Gasteiger partial charge in [-0.25, -0.2) is 8.78 Å². The lowest BCUT2D eigenvalue weighted by atomic mass is 10.1. The standard InChI is InChI=1S/C14H20F2N2/c1-2-5-11-10-18(9-4-8-17-11)14-12(15)6-3-7-13(14)16/h3,6-7,11,17H,2,4-5,8-10H2,1H3. The first-order valence-corrected chi connectivity index (χ1v) is 6.64. The second-order valence-electron chi connectivity index (χ2n) is 4.81. The molecule has 18 heavy (non-hydrogen) atoms. The molecule has 1 aliphatic rings. The Balaban J connectivity index is 2.20. The predicted octanol–water partition coefficient (Wildman–Crippen LogP) is 2.93. The van der Waals surface area contributed by atoms with E-state index in [1.807, 2.05) is 4.90 Å². The zero-order valence-corrected chi connectivity index (χ0v) is 10.8. The lowest BCUT2D eigenvalue weighted by molar-refractivity contribution is 0.497. The quantitative estimate of drug-likeness (QED) is 0.892. The highest BCUT2D eigenvalue weighted by Gasteiger charge is 2.21. The Kier molecular flexibility index (Phi) is 4.53. The van der Waals surface area contributed by atoms with Crippen molar-refractivity contribution in [3.63, 3.8) is 0 Å². The third-order valence-electron chi connectivity index (χ3n) is 3.37. The van der Waals surface area contributed by atoms with Crippen LogP contribution < -0.4 is 10.2 Å². The zero-order chi connectivity index (χ0) is 13.0. The number of nitrogens with zero attached hydrogens (tertiary/aromatic N) is 1. The molecule has 1 aromatic rings. The van der Waals surface area contributed by atoms with Crippen molar-refractivity contribution in [1.82, 2.24) is 5.32 Å². The van der Waals surface area contributed by atoms with Crippen molar-refractivity contribution < 1.29 is 8.78 Å². The summed E-state index contributed by atoms with van der Waals surface area (Å²) in [5.41, 5.74) is 0.127. The van der Waals surface area contributed by atoms with E-state index >= 15 is 0 Å². The van der Waals surface area contributed by atoms with Crippen LogP contribution in [0, 0.1) is 11.6 Å². The molecule has 0 aliphatic carbocycles. The van der Waals surface area contributed by atoms with E-state index in [0.717, 1.165) is 25.8 Å². The fraction of sp³-hybridized carbons (Fsp3) is 0.571. The van der Waals surface area contributed by atoms with Crippen molar-refractivity contribution in [3.05, 3.63) is 29.8 Å². The van der Waals surface area contributed by atoms with Gasteiger partial charge in [-0.3, -0.25) is 0 Å². The highest BCUT2D eigenvalue weighted by Crippen LogP contribution is 2.24. The van der Waals surface area contributed by atoms with Crippen LogP contribution in [0.2, 0.25) is 0 Å². The number of halogens is 2. The normalized spacial score (nSPS) is 20.8. The van der Waals surface area contributed by atoms with Gasteiger partial charge in [0.1, 0.15) is 17.3 Å². The van der Waals surface area contributed by atoms with Crippen molar-refractivity contribution in [2.45, 2.75) is 32.2 Å². The van der Waals surface area contributed by atoms with Gasteiger partial charge in [0.25, 0.3) is 0 Å². The topological polar surface area (TPSA) is 15.3 Å². The highest BCUT2D eigenvalue weighted by molar-refractivity contribution is 5.49. The molecule has 0 aromatic heterocycles. The average molecular weight is 254 g/mol. The molecule has 1 saturated heterocycles. The largest absolute Gasteiger partial charge is 0.365 e. The lowest BCUT2D eigenvalue weighted by Gasteiger charge is -2.27. The van der Waals surface area contributed by atoms with Crippen LogP contribution in [0.4, 0.5) is 14.5 Å². The molecular formula is C14H20F2N2. The second-order valence-corrected chi connectivity index (χ2v) is 4.81. The number of nitrogens with one attached hydrogen (secondary N) is 1. The fourth-order valence-electron chi connectivity index (χ4n) is 2.53. The monoisotopic (exact) mass is 254 g/mol. The third-order valence-corrected chi connectivity index (χ3v) is 3.37. The van der Waals surface area contributed by atoms with Gasteiger partial charge in [-0.05, 0) is 31.5 Å². The maximum absolute atomic E-state index is 13.8. The van der Waals surface area contributed by atoms with E-state index in [-0.39, 0.29) is 5.69 Å². The van der Waals surface area contributed by atoms with Crippen LogP contribution in [0.15, 0.2) is 18.2 Å². The van der Waals surface area contributed by atoms with Crippen LogP contribution in [0.1, 0.15) is 26.2 Å². The number of rotatable bonds is 3. The minimum absolute atomic E-state index is 0.127. The molecule has 1 heterocycles. The Morgan fingerprint density at radius 1 is 1.33 bits per heavy atom. The number of anilines is 1. The van der Waals surface area contributed by atoms with Gasteiger partial charge < -0.3 is 10.2 Å². The minimum Gasteiger partial charge on any atom is -0.365 e. The average Bonchev–Trinajstić information content (AvgIpc) is 2.55. The molecule has 0 bridgehead atoms. The van der Waals surface area contributed by atoms with Crippen molar-refractivity contribution in [2.24, 2.45) is 0 Å². The van der Waals surface area contributed by atoms with E-state index in [0.29, 0.717) is 19.1 Å². The zero-order valence-electron chi connectivity index (χ0n) is 10.8. The first-order valence-electron chi connectivity index (χ1n) is 6.64. The Labute approximate surface area is 107 Å². The lowest BCUT2D eigenvalue weighted by Crippen LogP contribution is -2.38. The molecule has 1 fully saturated rings. The molecule has 1 atom stereocenters. The van der Waals surface area contributed by atoms with E-state index < -0.39 is 11.6 Å². The van der Waals surface area contributed by atoms with Crippen LogP contribution >= 0.6 is 0 Å². The second kappa shape index (κ2) is 6.14. The molecule has 4 heteroatoms. The van der Waals surface area contributed by atoms with Crippen molar-refractivity contribution in [1.29, 1.82) is 0 Å². The summed E-state index contributed by atoms with van der Waals surface area (Å²) in [6.07, 6.45) is 3.02. The number of hydrogen-bond acceptors (Lipinski definition) is 2. The molecule has 0 radical (unpaired) electrons. The van der Waals surface area contributed by atoms with Crippen LogP contribution in [-0.2, 0) is 0 Å². The number of hydrogen-bond donors (Lipinski definition) is 1. The summed E-state index contributed by atoms with van der Waals surface area (Å²) >= 11 is 0. The van der Waals surface area contributed by atoms with E-state index in [4.69, 9.17) is 0 Å². The maximum Gasteiger partial charge on any atom is 0.149 e. The summed E-state index contributed by atoms with van der Waals surface area (Å²) < 4.78 is 27.6. The molecule has 100 valence electrons. The number of para-hydroxylation sites is 1. The van der Waals surface area contributed by atoms with Crippen molar-refractivity contribution in [2.75, 3.05) is 24.5 Å². The minimum atomic E-state index is -0.466. The Morgan fingerprint density at radius 3 is 2.72 bits per heavy atom. The molecule has 0 saturated carbocycles. The van der Waals surface area contributed by atoms with E-state index in [2.05, 4.69) is 12.2 Å². The Hall–Kier alpha value is -1.16. The molecule has 0 spiro atoms. The molecule has 1 unspecified atom stereocenters. The number of benzene rings is 1. The van der Waals surface area contributed by atoms with Crippen LogP contribution in [0.25, 0.3) is 0 Å². The molecule has 2 nitrogen and oxygen atoms in total. The van der Waals surface area contributed by atoms with Crippen molar-refractivity contribution >= 4 is 5.69 Å². The summed E-state index contributed by atoms with van der Waals surface area (Å²) in [5, 5.41) is 3.43.